The van der Waals surface area contributed by atoms with Crippen molar-refractivity contribution in [3.63, 3.8) is 0 Å². The zero-order valence-electron chi connectivity index (χ0n) is 11.7. The highest BCUT2D eigenvalue weighted by Crippen LogP contribution is 2.27. The van der Waals surface area contributed by atoms with Crippen molar-refractivity contribution in [2.75, 3.05) is 6.61 Å². The first-order valence-electron chi connectivity index (χ1n) is 6.90. The summed E-state index contributed by atoms with van der Waals surface area (Å²) in [6.07, 6.45) is 2.55. The van der Waals surface area contributed by atoms with E-state index >= 15 is 0 Å². The molecule has 3 rings (SSSR count). The maximum atomic E-state index is 10.6. The van der Waals surface area contributed by atoms with E-state index in [1.165, 1.54) is 0 Å². The molecule has 106 valence electrons. The summed E-state index contributed by atoms with van der Waals surface area (Å²) in [5.74, 6) is 0.797. The molecule has 1 N–H and O–H groups in total. The second-order valence-electron chi connectivity index (χ2n) is 4.68. The van der Waals surface area contributed by atoms with Crippen LogP contribution in [0.3, 0.4) is 0 Å². The zero-order chi connectivity index (χ0) is 14.7. The molecular formula is C17H16N2O2. The summed E-state index contributed by atoms with van der Waals surface area (Å²) in [7, 11) is 0. The summed E-state index contributed by atoms with van der Waals surface area (Å²) in [4.78, 5) is 8.59. The SMILES string of the molecule is CCOc1ccc(C(O)c2cccc3nccnc23)cc1. The van der Waals surface area contributed by atoms with Crippen molar-refractivity contribution in [3.05, 3.63) is 66.0 Å². The molecule has 21 heavy (non-hydrogen) atoms. The number of aliphatic hydroxyl groups is 1. The van der Waals surface area contributed by atoms with E-state index < -0.39 is 6.10 Å². The van der Waals surface area contributed by atoms with Crippen LogP contribution in [0.1, 0.15) is 24.2 Å². The number of rotatable bonds is 4. The van der Waals surface area contributed by atoms with Crippen LogP contribution in [-0.2, 0) is 0 Å². The Hall–Kier alpha value is -2.46. The lowest BCUT2D eigenvalue weighted by atomic mass is 10.00. The number of hydrogen-bond acceptors (Lipinski definition) is 4. The van der Waals surface area contributed by atoms with Crippen LogP contribution in [-0.4, -0.2) is 21.7 Å². The van der Waals surface area contributed by atoms with Gasteiger partial charge in [-0.25, -0.2) is 0 Å². The first-order valence-corrected chi connectivity index (χ1v) is 6.90. The number of aliphatic hydroxyl groups excluding tert-OH is 1. The van der Waals surface area contributed by atoms with E-state index in [1.807, 2.05) is 49.4 Å². The molecule has 1 heterocycles. The molecular weight excluding hydrogens is 264 g/mol. The van der Waals surface area contributed by atoms with E-state index in [-0.39, 0.29) is 0 Å². The van der Waals surface area contributed by atoms with Gasteiger partial charge in [-0.1, -0.05) is 24.3 Å². The van der Waals surface area contributed by atoms with Gasteiger partial charge in [0.05, 0.1) is 17.6 Å². The van der Waals surface area contributed by atoms with Crippen molar-refractivity contribution in [3.8, 4) is 5.75 Å². The molecule has 0 aliphatic heterocycles. The fraction of sp³-hybridized carbons (Fsp3) is 0.176. The summed E-state index contributed by atoms with van der Waals surface area (Å²) < 4.78 is 5.41. The van der Waals surface area contributed by atoms with Crippen molar-refractivity contribution in [2.45, 2.75) is 13.0 Å². The Morgan fingerprint density at radius 1 is 1.05 bits per heavy atom. The van der Waals surface area contributed by atoms with Crippen LogP contribution in [0.5, 0.6) is 5.75 Å². The lowest BCUT2D eigenvalue weighted by molar-refractivity contribution is 0.221. The van der Waals surface area contributed by atoms with E-state index in [4.69, 9.17) is 4.74 Å². The average molecular weight is 280 g/mol. The van der Waals surface area contributed by atoms with Crippen LogP contribution in [0.2, 0.25) is 0 Å². The third kappa shape index (κ3) is 2.71. The molecule has 0 fully saturated rings. The molecule has 1 unspecified atom stereocenters. The van der Waals surface area contributed by atoms with Gasteiger partial charge in [0.15, 0.2) is 0 Å². The highest BCUT2D eigenvalue weighted by Gasteiger charge is 2.14. The highest BCUT2D eigenvalue weighted by atomic mass is 16.5. The smallest absolute Gasteiger partial charge is 0.119 e. The summed E-state index contributed by atoms with van der Waals surface area (Å²) >= 11 is 0. The highest BCUT2D eigenvalue weighted by molar-refractivity contribution is 5.78. The van der Waals surface area contributed by atoms with Crippen LogP contribution in [0.4, 0.5) is 0 Å². The van der Waals surface area contributed by atoms with E-state index in [0.717, 1.165) is 27.9 Å². The summed E-state index contributed by atoms with van der Waals surface area (Å²) in [6.45, 7) is 2.57. The van der Waals surface area contributed by atoms with Crippen molar-refractivity contribution in [1.82, 2.24) is 9.97 Å². The zero-order valence-corrected chi connectivity index (χ0v) is 11.7. The second kappa shape index (κ2) is 5.89. The third-order valence-electron chi connectivity index (χ3n) is 3.33. The molecule has 1 atom stereocenters. The number of fused-ring (bicyclic) bond motifs is 1. The van der Waals surface area contributed by atoms with Crippen LogP contribution < -0.4 is 4.74 Å². The molecule has 2 aromatic carbocycles. The van der Waals surface area contributed by atoms with Crippen LogP contribution >= 0.6 is 0 Å². The topological polar surface area (TPSA) is 55.2 Å². The van der Waals surface area contributed by atoms with Crippen molar-refractivity contribution >= 4 is 11.0 Å². The Labute approximate surface area is 123 Å². The first-order chi connectivity index (χ1) is 10.3. The van der Waals surface area contributed by atoms with Gasteiger partial charge in [0.1, 0.15) is 11.9 Å². The van der Waals surface area contributed by atoms with Gasteiger partial charge in [-0.05, 0) is 30.7 Å². The lowest BCUT2D eigenvalue weighted by Gasteiger charge is -2.13. The predicted octanol–water partition coefficient (Wildman–Crippen LogP) is 3.11. The number of ether oxygens (including phenoxy) is 1. The molecule has 0 saturated heterocycles. The molecule has 0 aliphatic carbocycles. The Kier molecular flexibility index (Phi) is 3.79. The monoisotopic (exact) mass is 280 g/mol. The van der Waals surface area contributed by atoms with Gasteiger partial charge in [-0.3, -0.25) is 9.97 Å². The maximum absolute atomic E-state index is 10.6. The summed E-state index contributed by atoms with van der Waals surface area (Å²) in [5.41, 5.74) is 3.06. The minimum atomic E-state index is -0.735. The number of nitrogens with zero attached hydrogens (tertiary/aromatic N) is 2. The number of para-hydroxylation sites is 1. The van der Waals surface area contributed by atoms with Gasteiger partial charge in [-0.15, -0.1) is 0 Å². The second-order valence-corrected chi connectivity index (χ2v) is 4.68. The van der Waals surface area contributed by atoms with Gasteiger partial charge in [-0.2, -0.15) is 0 Å². The molecule has 0 bridgehead atoms. The quantitative estimate of drug-likeness (QED) is 0.797. The predicted molar refractivity (Wildman–Crippen MR) is 81.2 cm³/mol. The van der Waals surface area contributed by atoms with E-state index in [9.17, 15) is 5.11 Å². The number of hydrogen-bond donors (Lipinski definition) is 1. The van der Waals surface area contributed by atoms with Crippen molar-refractivity contribution in [2.24, 2.45) is 0 Å². The first kappa shape index (κ1) is 13.5. The Bertz CT molecular complexity index is 736. The Morgan fingerprint density at radius 2 is 1.81 bits per heavy atom. The fourth-order valence-corrected chi connectivity index (χ4v) is 2.33. The van der Waals surface area contributed by atoms with E-state index in [0.29, 0.717) is 6.61 Å². The molecule has 4 heteroatoms. The molecule has 0 amide bonds. The van der Waals surface area contributed by atoms with Crippen molar-refractivity contribution in [1.29, 1.82) is 0 Å². The summed E-state index contributed by atoms with van der Waals surface area (Å²) in [5, 5.41) is 10.6. The summed E-state index contributed by atoms with van der Waals surface area (Å²) in [6, 6.07) is 13.1. The van der Waals surface area contributed by atoms with Gasteiger partial charge in [0.25, 0.3) is 0 Å². The van der Waals surface area contributed by atoms with Crippen LogP contribution in [0.15, 0.2) is 54.9 Å². The lowest BCUT2D eigenvalue weighted by Crippen LogP contribution is -2.02. The molecule has 4 nitrogen and oxygen atoms in total. The van der Waals surface area contributed by atoms with Gasteiger partial charge >= 0.3 is 0 Å². The van der Waals surface area contributed by atoms with E-state index in [1.54, 1.807) is 12.4 Å². The molecule has 0 spiro atoms. The van der Waals surface area contributed by atoms with Crippen LogP contribution in [0.25, 0.3) is 11.0 Å². The maximum Gasteiger partial charge on any atom is 0.119 e. The Balaban J connectivity index is 1.98. The van der Waals surface area contributed by atoms with Gasteiger partial charge in [0, 0.05) is 18.0 Å². The Morgan fingerprint density at radius 3 is 2.57 bits per heavy atom. The number of aromatic nitrogens is 2. The molecule has 3 aromatic rings. The fourth-order valence-electron chi connectivity index (χ4n) is 2.33. The standard InChI is InChI=1S/C17H16N2O2/c1-2-21-13-8-6-12(7-9-13)17(20)14-4-3-5-15-16(14)19-11-10-18-15/h3-11,17,20H,2H2,1H3. The number of benzene rings is 2. The van der Waals surface area contributed by atoms with E-state index in [2.05, 4.69) is 9.97 Å². The minimum Gasteiger partial charge on any atom is -0.494 e. The van der Waals surface area contributed by atoms with Crippen LogP contribution in [0, 0.1) is 0 Å². The minimum absolute atomic E-state index is 0.626. The van der Waals surface area contributed by atoms with Gasteiger partial charge < -0.3 is 9.84 Å². The molecule has 0 saturated carbocycles. The average Bonchev–Trinajstić information content (AvgIpc) is 2.55. The molecule has 0 radical (unpaired) electrons. The largest absolute Gasteiger partial charge is 0.494 e. The third-order valence-corrected chi connectivity index (χ3v) is 3.33. The normalized spacial score (nSPS) is 12.3. The molecule has 1 aromatic heterocycles. The van der Waals surface area contributed by atoms with Crippen molar-refractivity contribution < 1.29 is 9.84 Å². The molecule has 0 aliphatic rings. The van der Waals surface area contributed by atoms with Gasteiger partial charge in [0.2, 0.25) is 0 Å².